The molecule has 0 aliphatic carbocycles. The van der Waals surface area contributed by atoms with Gasteiger partial charge in [0.15, 0.2) is 0 Å². The molecule has 0 bridgehead atoms. The molecule has 3 rings (SSSR count). The average Bonchev–Trinajstić information content (AvgIpc) is 2.84. The van der Waals surface area contributed by atoms with Gasteiger partial charge >= 0.3 is 7.12 Å². The van der Waals surface area contributed by atoms with Gasteiger partial charge in [0.25, 0.3) is 5.91 Å². The van der Waals surface area contributed by atoms with Gasteiger partial charge in [-0.25, -0.2) is 0 Å². The fourth-order valence-electron chi connectivity index (χ4n) is 2.10. The van der Waals surface area contributed by atoms with E-state index in [4.69, 9.17) is 9.31 Å². The molecule has 0 atom stereocenters. The van der Waals surface area contributed by atoms with Crippen molar-refractivity contribution in [1.29, 1.82) is 0 Å². The molecule has 4 nitrogen and oxygen atoms in total. The molecule has 0 spiro atoms. The van der Waals surface area contributed by atoms with Gasteiger partial charge < -0.3 is 14.6 Å². The molecule has 2 aliphatic rings. The zero-order chi connectivity index (χ0) is 13.1. The number of carbonyl (C=O) groups excluding carboxylic acids is 1. The Hall–Kier alpha value is -0.845. The number of nitrogens with one attached hydrogen (secondary N) is 1. The van der Waals surface area contributed by atoms with Crippen LogP contribution >= 0.6 is 11.3 Å². The van der Waals surface area contributed by atoms with Crippen LogP contribution in [0, 0.1) is 0 Å². The van der Waals surface area contributed by atoms with Crippen molar-refractivity contribution in [3.63, 3.8) is 0 Å². The summed E-state index contributed by atoms with van der Waals surface area (Å²) in [5, 5.41) is 2.81. The first kappa shape index (κ1) is 12.2. The third-order valence-corrected chi connectivity index (χ3v) is 5.16. The number of hydrogen-bond donors (Lipinski definition) is 1. The lowest BCUT2D eigenvalue weighted by Crippen LogP contribution is -2.41. The van der Waals surface area contributed by atoms with Crippen molar-refractivity contribution in [1.82, 2.24) is 5.32 Å². The van der Waals surface area contributed by atoms with Crippen molar-refractivity contribution < 1.29 is 14.1 Å². The predicted molar refractivity (Wildman–Crippen MR) is 71.2 cm³/mol. The number of rotatable bonds is 1. The summed E-state index contributed by atoms with van der Waals surface area (Å²) in [6.45, 7) is 8.73. The van der Waals surface area contributed by atoms with E-state index in [1.807, 2.05) is 33.8 Å². The molecule has 1 aromatic rings. The second-order valence-corrected chi connectivity index (χ2v) is 6.86. The number of fused-ring (bicyclic) bond motifs is 1. The molecule has 1 N–H and O–H groups in total. The lowest BCUT2D eigenvalue weighted by Gasteiger charge is -2.32. The highest BCUT2D eigenvalue weighted by atomic mass is 32.1. The van der Waals surface area contributed by atoms with Gasteiger partial charge in [-0.3, -0.25) is 4.79 Å². The molecule has 1 fully saturated rings. The van der Waals surface area contributed by atoms with Gasteiger partial charge in [-0.2, -0.15) is 0 Å². The largest absolute Gasteiger partial charge is 0.505 e. The fourth-order valence-corrected chi connectivity index (χ4v) is 3.16. The normalized spacial score (nSPS) is 24.2. The van der Waals surface area contributed by atoms with E-state index in [1.54, 1.807) is 0 Å². The summed E-state index contributed by atoms with van der Waals surface area (Å²) in [5.74, 6) is 0.0118. The first-order chi connectivity index (χ1) is 8.30. The summed E-state index contributed by atoms with van der Waals surface area (Å²) >= 11 is 1.47. The molecule has 1 amide bonds. The lowest BCUT2D eigenvalue weighted by atomic mass is 9.87. The molecule has 0 saturated carbocycles. The van der Waals surface area contributed by atoms with Gasteiger partial charge in [0, 0.05) is 11.3 Å². The standard InChI is InChI=1S/C12H16BNO3S/c1-11(2)12(3,4)17-13(16-11)8-5-7-6-14-10(15)9(7)18-8/h5H,6H2,1-4H3,(H,14,15). The first-order valence-electron chi connectivity index (χ1n) is 6.07. The second kappa shape index (κ2) is 3.59. The van der Waals surface area contributed by atoms with Crippen LogP contribution in [0.3, 0.4) is 0 Å². The third-order valence-electron chi connectivity index (χ3n) is 3.96. The number of hydrogen-bond acceptors (Lipinski definition) is 4. The zero-order valence-corrected chi connectivity index (χ0v) is 11.8. The maximum absolute atomic E-state index is 11.6. The first-order valence-corrected chi connectivity index (χ1v) is 6.88. The lowest BCUT2D eigenvalue weighted by molar-refractivity contribution is 0.00578. The Bertz CT molecular complexity index is 507. The van der Waals surface area contributed by atoms with Gasteiger partial charge in [-0.05, 0) is 39.3 Å². The smallest absolute Gasteiger partial charge is 0.399 e. The van der Waals surface area contributed by atoms with Gasteiger partial charge in [0.05, 0.1) is 16.1 Å². The van der Waals surface area contributed by atoms with E-state index >= 15 is 0 Å². The van der Waals surface area contributed by atoms with E-state index in [-0.39, 0.29) is 24.2 Å². The van der Waals surface area contributed by atoms with Crippen LogP contribution in [0.15, 0.2) is 6.07 Å². The van der Waals surface area contributed by atoms with E-state index < -0.39 is 0 Å². The Balaban J connectivity index is 1.90. The van der Waals surface area contributed by atoms with Gasteiger partial charge in [0.1, 0.15) is 0 Å². The van der Waals surface area contributed by atoms with Crippen molar-refractivity contribution in [3.8, 4) is 0 Å². The molecule has 1 aromatic heterocycles. The summed E-state index contributed by atoms with van der Waals surface area (Å²) in [4.78, 5) is 12.4. The van der Waals surface area contributed by atoms with Crippen molar-refractivity contribution in [3.05, 3.63) is 16.5 Å². The van der Waals surface area contributed by atoms with Gasteiger partial charge in [0.2, 0.25) is 0 Å². The minimum absolute atomic E-state index is 0.0118. The van der Waals surface area contributed by atoms with Crippen LogP contribution in [0.25, 0.3) is 0 Å². The summed E-state index contributed by atoms with van der Waals surface area (Å²) < 4.78 is 12.9. The molecule has 0 unspecified atom stereocenters. The van der Waals surface area contributed by atoms with E-state index in [0.29, 0.717) is 6.54 Å². The summed E-state index contributed by atoms with van der Waals surface area (Å²) in [6, 6.07) is 2.01. The average molecular weight is 265 g/mol. The van der Waals surface area contributed by atoms with Crippen molar-refractivity contribution in [2.45, 2.75) is 45.4 Å². The molecule has 96 valence electrons. The Morgan fingerprint density at radius 2 is 1.89 bits per heavy atom. The third kappa shape index (κ3) is 1.63. The molecule has 3 heterocycles. The summed E-state index contributed by atoms with van der Waals surface area (Å²) in [6.07, 6.45) is 0. The highest BCUT2D eigenvalue weighted by molar-refractivity contribution is 7.24. The van der Waals surface area contributed by atoms with E-state index in [9.17, 15) is 4.79 Å². The molecular weight excluding hydrogens is 249 g/mol. The molecule has 0 radical (unpaired) electrons. The topological polar surface area (TPSA) is 47.6 Å². The molecule has 6 heteroatoms. The monoisotopic (exact) mass is 265 g/mol. The SMILES string of the molecule is CC1(C)OB(c2cc3c(s2)C(=O)NC3)OC1(C)C. The Morgan fingerprint density at radius 1 is 1.28 bits per heavy atom. The molecule has 1 saturated heterocycles. The van der Waals surface area contributed by atoms with Crippen LogP contribution in [0.5, 0.6) is 0 Å². The number of amides is 1. The van der Waals surface area contributed by atoms with Gasteiger partial charge in [-0.1, -0.05) is 0 Å². The summed E-state index contributed by atoms with van der Waals surface area (Å²) in [5.41, 5.74) is 0.373. The van der Waals surface area contributed by atoms with Crippen LogP contribution in [0.4, 0.5) is 0 Å². The number of thiophene rings is 1. The minimum atomic E-state index is -0.363. The van der Waals surface area contributed by atoms with Crippen molar-refractivity contribution in [2.75, 3.05) is 0 Å². The second-order valence-electron chi connectivity index (χ2n) is 5.77. The Labute approximate surface area is 111 Å². The molecule has 2 aliphatic heterocycles. The Morgan fingerprint density at radius 3 is 2.44 bits per heavy atom. The van der Waals surface area contributed by atoms with Crippen LogP contribution in [-0.2, 0) is 15.9 Å². The van der Waals surface area contributed by atoms with E-state index in [2.05, 4.69) is 5.32 Å². The quantitative estimate of drug-likeness (QED) is 0.778. The molecular formula is C12H16BNO3S. The van der Waals surface area contributed by atoms with Crippen molar-refractivity contribution >= 4 is 29.1 Å². The highest BCUT2D eigenvalue weighted by Gasteiger charge is 2.52. The maximum atomic E-state index is 11.6. The minimum Gasteiger partial charge on any atom is -0.399 e. The van der Waals surface area contributed by atoms with Crippen LogP contribution in [0.1, 0.15) is 42.9 Å². The van der Waals surface area contributed by atoms with E-state index in [0.717, 1.165) is 15.2 Å². The van der Waals surface area contributed by atoms with Crippen LogP contribution in [-0.4, -0.2) is 24.2 Å². The van der Waals surface area contributed by atoms with E-state index in [1.165, 1.54) is 11.3 Å². The Kier molecular flexibility index (Phi) is 2.43. The van der Waals surface area contributed by atoms with Crippen LogP contribution in [0.2, 0.25) is 0 Å². The van der Waals surface area contributed by atoms with Crippen molar-refractivity contribution in [2.24, 2.45) is 0 Å². The fraction of sp³-hybridized carbons (Fsp3) is 0.583. The zero-order valence-electron chi connectivity index (χ0n) is 11.0. The predicted octanol–water partition coefficient (Wildman–Crippen LogP) is 1.29. The summed E-state index contributed by atoms with van der Waals surface area (Å²) in [7, 11) is -0.363. The molecule has 18 heavy (non-hydrogen) atoms. The van der Waals surface area contributed by atoms with Gasteiger partial charge in [-0.15, -0.1) is 11.3 Å². The van der Waals surface area contributed by atoms with Crippen LogP contribution < -0.4 is 10.1 Å². The molecule has 0 aromatic carbocycles. The maximum Gasteiger partial charge on any atom is 0.505 e. The highest BCUT2D eigenvalue weighted by Crippen LogP contribution is 2.37. The number of carbonyl (C=O) groups is 1.